The SMILES string of the molecule is CC(CC(C)C)=NNC(=O)c1c(O)cc2ccccc2c1O. The maximum absolute atomic E-state index is 12.2. The summed E-state index contributed by atoms with van der Waals surface area (Å²) in [6.07, 6.45) is 0.760. The first-order valence-electron chi connectivity index (χ1n) is 7.17. The molecule has 3 N–H and O–H groups in total. The van der Waals surface area contributed by atoms with Gasteiger partial charge in [-0.25, -0.2) is 5.43 Å². The highest BCUT2D eigenvalue weighted by molar-refractivity contribution is 6.06. The molecule has 0 radical (unpaired) electrons. The number of nitrogens with one attached hydrogen (secondary N) is 1. The number of fused-ring (bicyclic) bond motifs is 1. The van der Waals surface area contributed by atoms with Crippen molar-refractivity contribution >= 4 is 22.4 Å². The number of phenols is 2. The minimum absolute atomic E-state index is 0.167. The van der Waals surface area contributed by atoms with Crippen molar-refractivity contribution in [2.45, 2.75) is 27.2 Å². The summed E-state index contributed by atoms with van der Waals surface area (Å²) in [5.74, 6) is -0.720. The molecule has 0 heterocycles. The summed E-state index contributed by atoms with van der Waals surface area (Å²) in [7, 11) is 0. The molecule has 2 aromatic carbocycles. The minimum atomic E-state index is -0.635. The molecule has 0 atom stereocenters. The lowest BCUT2D eigenvalue weighted by molar-refractivity contribution is 0.0949. The van der Waals surface area contributed by atoms with Crippen molar-refractivity contribution in [1.82, 2.24) is 5.43 Å². The van der Waals surface area contributed by atoms with E-state index < -0.39 is 5.91 Å². The molecule has 2 rings (SSSR count). The lowest BCUT2D eigenvalue weighted by Crippen LogP contribution is -2.20. The molecule has 5 heteroatoms. The Labute approximate surface area is 129 Å². The van der Waals surface area contributed by atoms with Crippen LogP contribution in [0.25, 0.3) is 10.8 Å². The Balaban J connectivity index is 2.32. The molecule has 0 fully saturated rings. The Hall–Kier alpha value is -2.56. The number of carbonyl (C=O) groups excluding carboxylic acids is 1. The van der Waals surface area contributed by atoms with Gasteiger partial charge in [-0.05, 0) is 30.7 Å². The van der Waals surface area contributed by atoms with Crippen molar-refractivity contribution in [1.29, 1.82) is 0 Å². The van der Waals surface area contributed by atoms with Crippen LogP contribution in [0.1, 0.15) is 37.6 Å². The van der Waals surface area contributed by atoms with Gasteiger partial charge in [-0.1, -0.05) is 38.1 Å². The average molecular weight is 300 g/mol. The van der Waals surface area contributed by atoms with Gasteiger partial charge in [-0.3, -0.25) is 4.79 Å². The van der Waals surface area contributed by atoms with Crippen molar-refractivity contribution in [3.05, 3.63) is 35.9 Å². The number of nitrogens with zero attached hydrogens (tertiary/aromatic N) is 1. The van der Waals surface area contributed by atoms with Gasteiger partial charge in [-0.15, -0.1) is 0 Å². The third-order valence-electron chi connectivity index (χ3n) is 3.28. The molecule has 0 spiro atoms. The highest BCUT2D eigenvalue weighted by atomic mass is 16.3. The molecule has 0 saturated carbocycles. The topological polar surface area (TPSA) is 81.9 Å². The molecule has 0 aliphatic carbocycles. The average Bonchev–Trinajstić information content (AvgIpc) is 2.44. The van der Waals surface area contributed by atoms with Crippen molar-refractivity contribution in [2.24, 2.45) is 11.0 Å². The minimum Gasteiger partial charge on any atom is -0.507 e. The van der Waals surface area contributed by atoms with Crippen LogP contribution in [0.4, 0.5) is 0 Å². The molecule has 0 bridgehead atoms. The highest BCUT2D eigenvalue weighted by Crippen LogP contribution is 2.35. The van der Waals surface area contributed by atoms with E-state index in [9.17, 15) is 15.0 Å². The molecule has 2 aromatic rings. The van der Waals surface area contributed by atoms with E-state index in [4.69, 9.17) is 0 Å². The molecular weight excluding hydrogens is 280 g/mol. The second kappa shape index (κ2) is 6.47. The predicted molar refractivity (Wildman–Crippen MR) is 87.3 cm³/mol. The van der Waals surface area contributed by atoms with Crippen molar-refractivity contribution in [3.8, 4) is 11.5 Å². The van der Waals surface area contributed by atoms with E-state index in [1.807, 2.05) is 6.92 Å². The largest absolute Gasteiger partial charge is 0.507 e. The Morgan fingerprint density at radius 3 is 2.64 bits per heavy atom. The van der Waals surface area contributed by atoms with E-state index in [1.54, 1.807) is 24.3 Å². The second-order valence-electron chi connectivity index (χ2n) is 5.73. The fourth-order valence-electron chi connectivity index (χ4n) is 2.38. The number of benzene rings is 2. The predicted octanol–water partition coefficient (Wildman–Crippen LogP) is 3.40. The maximum atomic E-state index is 12.2. The van der Waals surface area contributed by atoms with Gasteiger partial charge in [0.25, 0.3) is 5.91 Å². The second-order valence-corrected chi connectivity index (χ2v) is 5.73. The summed E-state index contributed by atoms with van der Waals surface area (Å²) in [4.78, 5) is 12.2. The lowest BCUT2D eigenvalue weighted by atomic mass is 10.0. The molecule has 0 unspecified atom stereocenters. The van der Waals surface area contributed by atoms with E-state index in [0.29, 0.717) is 16.7 Å². The zero-order valence-electron chi connectivity index (χ0n) is 12.9. The van der Waals surface area contributed by atoms with E-state index in [1.165, 1.54) is 6.07 Å². The first kappa shape index (κ1) is 15.8. The number of rotatable bonds is 4. The zero-order chi connectivity index (χ0) is 16.3. The molecule has 116 valence electrons. The fourth-order valence-corrected chi connectivity index (χ4v) is 2.38. The molecule has 0 aliphatic rings. The smallest absolute Gasteiger partial charge is 0.278 e. The van der Waals surface area contributed by atoms with Crippen molar-refractivity contribution in [3.63, 3.8) is 0 Å². The van der Waals surface area contributed by atoms with Crippen LogP contribution in [-0.2, 0) is 0 Å². The maximum Gasteiger partial charge on any atom is 0.278 e. The van der Waals surface area contributed by atoms with E-state index in [-0.39, 0.29) is 17.1 Å². The van der Waals surface area contributed by atoms with E-state index in [0.717, 1.165) is 12.1 Å². The van der Waals surface area contributed by atoms with Crippen LogP contribution in [0, 0.1) is 5.92 Å². The van der Waals surface area contributed by atoms with Gasteiger partial charge in [-0.2, -0.15) is 5.10 Å². The van der Waals surface area contributed by atoms with Gasteiger partial charge in [0.2, 0.25) is 0 Å². The highest BCUT2D eigenvalue weighted by Gasteiger charge is 2.19. The van der Waals surface area contributed by atoms with Gasteiger partial charge >= 0.3 is 0 Å². The molecule has 0 aromatic heterocycles. The first-order chi connectivity index (χ1) is 10.4. The normalized spacial score (nSPS) is 11.9. The Morgan fingerprint density at radius 2 is 1.95 bits per heavy atom. The van der Waals surface area contributed by atoms with E-state index >= 15 is 0 Å². The quantitative estimate of drug-likeness (QED) is 0.598. The van der Waals surface area contributed by atoms with E-state index in [2.05, 4.69) is 24.4 Å². The number of aromatic hydroxyl groups is 2. The molecular formula is C17H20N2O3. The van der Waals surface area contributed by atoms with Gasteiger partial charge in [0.05, 0.1) is 0 Å². The van der Waals surface area contributed by atoms with Crippen LogP contribution >= 0.6 is 0 Å². The Kier molecular flexibility index (Phi) is 4.65. The van der Waals surface area contributed by atoms with Gasteiger partial charge in [0.15, 0.2) is 0 Å². The number of amides is 1. The molecule has 1 amide bonds. The number of phenolic OH excluding ortho intramolecular Hbond substituents is 2. The van der Waals surface area contributed by atoms with Crippen LogP contribution in [0.3, 0.4) is 0 Å². The number of hydrazone groups is 1. The van der Waals surface area contributed by atoms with Crippen LogP contribution in [-0.4, -0.2) is 21.8 Å². The van der Waals surface area contributed by atoms with Gasteiger partial charge in [0, 0.05) is 11.1 Å². The summed E-state index contributed by atoms with van der Waals surface area (Å²) < 4.78 is 0. The molecule has 22 heavy (non-hydrogen) atoms. The van der Waals surface area contributed by atoms with Crippen molar-refractivity contribution < 1.29 is 15.0 Å². The summed E-state index contributed by atoms with van der Waals surface area (Å²) in [5, 5.41) is 25.4. The van der Waals surface area contributed by atoms with Crippen LogP contribution in [0.15, 0.2) is 35.4 Å². The first-order valence-corrected chi connectivity index (χ1v) is 7.17. The lowest BCUT2D eigenvalue weighted by Gasteiger charge is -2.10. The van der Waals surface area contributed by atoms with Crippen LogP contribution in [0.5, 0.6) is 11.5 Å². The molecule has 0 aliphatic heterocycles. The number of hydrogen-bond acceptors (Lipinski definition) is 4. The van der Waals surface area contributed by atoms with Gasteiger partial charge in [0.1, 0.15) is 17.1 Å². The van der Waals surface area contributed by atoms with Crippen LogP contribution in [0.2, 0.25) is 0 Å². The third-order valence-corrected chi connectivity index (χ3v) is 3.28. The summed E-state index contributed by atoms with van der Waals surface area (Å²) in [6.45, 7) is 5.93. The molecule has 0 saturated heterocycles. The standard InChI is InChI=1S/C17H20N2O3/c1-10(2)8-11(3)18-19-17(22)15-14(20)9-12-6-4-5-7-13(12)16(15)21/h4-7,9-10,20-21H,8H2,1-3H3,(H,19,22). The monoisotopic (exact) mass is 300 g/mol. The summed E-state index contributed by atoms with van der Waals surface area (Å²) in [6, 6.07) is 8.44. The van der Waals surface area contributed by atoms with Crippen LogP contribution < -0.4 is 5.43 Å². The zero-order valence-corrected chi connectivity index (χ0v) is 12.9. The third kappa shape index (κ3) is 3.36. The number of carbonyl (C=O) groups is 1. The summed E-state index contributed by atoms with van der Waals surface area (Å²) >= 11 is 0. The summed E-state index contributed by atoms with van der Waals surface area (Å²) in [5.41, 5.74) is 2.99. The Bertz CT molecular complexity index is 736. The van der Waals surface area contributed by atoms with Gasteiger partial charge < -0.3 is 10.2 Å². The Morgan fingerprint density at radius 1 is 1.27 bits per heavy atom. The number of hydrogen-bond donors (Lipinski definition) is 3. The molecule has 5 nitrogen and oxygen atoms in total. The van der Waals surface area contributed by atoms with Crippen molar-refractivity contribution in [2.75, 3.05) is 0 Å². The fraction of sp³-hybridized carbons (Fsp3) is 0.294.